The number of hydrogen-bond acceptors (Lipinski definition) is 4. The third-order valence-corrected chi connectivity index (χ3v) is 5.54. The lowest BCUT2D eigenvalue weighted by Gasteiger charge is -2.16. The Labute approximate surface area is 186 Å². The van der Waals surface area contributed by atoms with Gasteiger partial charge in [0.15, 0.2) is 11.5 Å². The number of nitrogens with one attached hydrogen (secondary N) is 2. The van der Waals surface area contributed by atoms with Gasteiger partial charge in [-0.2, -0.15) is 0 Å². The normalized spacial score (nSPS) is 11.8. The number of H-pyrrole nitrogens is 1. The maximum absolute atomic E-state index is 12.9. The first-order valence-corrected chi connectivity index (χ1v) is 10.4. The number of aliphatic hydroxyl groups excluding tert-OH is 1. The average molecular weight is 431 g/mol. The van der Waals surface area contributed by atoms with E-state index in [1.54, 1.807) is 20.3 Å². The van der Waals surface area contributed by atoms with E-state index < -0.39 is 6.04 Å². The molecule has 0 bridgehead atoms. The van der Waals surface area contributed by atoms with Crippen LogP contribution in [-0.2, 0) is 6.42 Å². The summed E-state index contributed by atoms with van der Waals surface area (Å²) in [4.78, 5) is 16.2. The van der Waals surface area contributed by atoms with Crippen molar-refractivity contribution >= 4 is 16.8 Å². The largest absolute Gasteiger partial charge is 0.493 e. The summed E-state index contributed by atoms with van der Waals surface area (Å²) in [5.41, 5.74) is 4.41. The van der Waals surface area contributed by atoms with Crippen LogP contribution in [0.1, 0.15) is 15.9 Å². The number of para-hydroxylation sites is 1. The fourth-order valence-electron chi connectivity index (χ4n) is 3.85. The van der Waals surface area contributed by atoms with Crippen LogP contribution in [-0.4, -0.2) is 42.9 Å². The molecule has 3 aromatic carbocycles. The molecule has 6 nitrogen and oxygen atoms in total. The predicted molar refractivity (Wildman–Crippen MR) is 125 cm³/mol. The third kappa shape index (κ3) is 4.45. The van der Waals surface area contributed by atoms with E-state index in [-0.39, 0.29) is 12.5 Å². The fourth-order valence-corrected chi connectivity index (χ4v) is 3.85. The molecular weight excluding hydrogens is 404 g/mol. The molecule has 0 saturated heterocycles. The quantitative estimate of drug-likeness (QED) is 0.392. The zero-order chi connectivity index (χ0) is 22.5. The molecule has 0 spiro atoms. The number of aromatic amines is 1. The molecule has 0 saturated carbocycles. The Morgan fingerprint density at radius 3 is 2.53 bits per heavy atom. The van der Waals surface area contributed by atoms with Gasteiger partial charge in [0.2, 0.25) is 0 Å². The smallest absolute Gasteiger partial charge is 0.251 e. The van der Waals surface area contributed by atoms with E-state index in [0.717, 1.165) is 27.6 Å². The molecule has 6 heteroatoms. The van der Waals surface area contributed by atoms with Crippen molar-refractivity contribution in [1.82, 2.24) is 10.3 Å². The number of ether oxygens (including phenoxy) is 2. The molecule has 0 aliphatic carbocycles. The standard InChI is InChI=1S/C26H26N2O4/c1-31-24-11-10-18(14-25(24)32-2)17-6-5-7-19(12-17)26(30)28-21(16-29)13-20-15-27-23-9-4-3-8-22(20)23/h3-12,14-15,21,27,29H,13,16H2,1-2H3,(H,28,30). The van der Waals surface area contributed by atoms with E-state index in [9.17, 15) is 9.90 Å². The van der Waals surface area contributed by atoms with Gasteiger partial charge in [0, 0.05) is 22.7 Å². The Kier molecular flexibility index (Phi) is 6.42. The van der Waals surface area contributed by atoms with Crippen LogP contribution in [0.2, 0.25) is 0 Å². The van der Waals surface area contributed by atoms with Crippen molar-refractivity contribution in [1.29, 1.82) is 0 Å². The molecule has 3 N–H and O–H groups in total. The van der Waals surface area contributed by atoms with Gasteiger partial charge in [0.25, 0.3) is 5.91 Å². The van der Waals surface area contributed by atoms with Crippen molar-refractivity contribution in [3.05, 3.63) is 84.1 Å². The van der Waals surface area contributed by atoms with Crippen molar-refractivity contribution in [2.24, 2.45) is 0 Å². The van der Waals surface area contributed by atoms with Crippen LogP contribution in [0, 0.1) is 0 Å². The van der Waals surface area contributed by atoms with Gasteiger partial charge in [-0.15, -0.1) is 0 Å². The van der Waals surface area contributed by atoms with Gasteiger partial charge in [-0.05, 0) is 53.4 Å². The number of benzene rings is 3. The fraction of sp³-hybridized carbons (Fsp3) is 0.192. The second-order valence-corrected chi connectivity index (χ2v) is 7.57. The van der Waals surface area contributed by atoms with Crippen LogP contribution in [0.3, 0.4) is 0 Å². The van der Waals surface area contributed by atoms with Crippen molar-refractivity contribution < 1.29 is 19.4 Å². The summed E-state index contributed by atoms with van der Waals surface area (Å²) in [6, 6.07) is 20.6. The first-order chi connectivity index (χ1) is 15.6. The Balaban J connectivity index is 1.52. The van der Waals surface area contributed by atoms with Crippen molar-refractivity contribution in [2.45, 2.75) is 12.5 Å². The molecule has 0 fully saturated rings. The second-order valence-electron chi connectivity index (χ2n) is 7.57. The van der Waals surface area contributed by atoms with Gasteiger partial charge in [0.05, 0.1) is 26.9 Å². The number of carbonyl (C=O) groups excluding carboxylic acids is 1. The van der Waals surface area contributed by atoms with Crippen molar-refractivity contribution in [2.75, 3.05) is 20.8 Å². The summed E-state index contributed by atoms with van der Waals surface area (Å²) in [6.45, 7) is -0.152. The Hall–Kier alpha value is -3.77. The molecule has 1 aromatic heterocycles. The topological polar surface area (TPSA) is 83.6 Å². The Morgan fingerprint density at radius 1 is 0.969 bits per heavy atom. The minimum Gasteiger partial charge on any atom is -0.493 e. The first-order valence-electron chi connectivity index (χ1n) is 10.4. The number of hydrogen-bond donors (Lipinski definition) is 3. The Morgan fingerprint density at radius 2 is 1.75 bits per heavy atom. The highest BCUT2D eigenvalue weighted by Crippen LogP contribution is 2.32. The van der Waals surface area contributed by atoms with Crippen LogP contribution in [0.5, 0.6) is 11.5 Å². The monoisotopic (exact) mass is 430 g/mol. The van der Waals surface area contributed by atoms with Gasteiger partial charge in [0.1, 0.15) is 0 Å². The highest BCUT2D eigenvalue weighted by atomic mass is 16.5. The number of rotatable bonds is 8. The summed E-state index contributed by atoms with van der Waals surface area (Å²) in [7, 11) is 3.19. The van der Waals surface area contributed by atoms with Crippen molar-refractivity contribution in [3.8, 4) is 22.6 Å². The molecule has 164 valence electrons. The molecule has 0 aliphatic heterocycles. The number of aliphatic hydroxyl groups is 1. The molecule has 1 atom stereocenters. The number of carbonyl (C=O) groups is 1. The molecular formula is C26H26N2O4. The highest BCUT2D eigenvalue weighted by molar-refractivity contribution is 5.95. The molecule has 1 unspecified atom stereocenters. The predicted octanol–water partition coefficient (Wildman–Crippen LogP) is 4.19. The summed E-state index contributed by atoms with van der Waals surface area (Å²) in [5, 5.41) is 13.9. The van der Waals surface area contributed by atoms with Gasteiger partial charge in [-0.3, -0.25) is 4.79 Å². The minimum atomic E-state index is -0.397. The van der Waals surface area contributed by atoms with Gasteiger partial charge >= 0.3 is 0 Å². The van der Waals surface area contributed by atoms with Crippen LogP contribution in [0.4, 0.5) is 0 Å². The van der Waals surface area contributed by atoms with Crippen LogP contribution in [0.15, 0.2) is 72.9 Å². The highest BCUT2D eigenvalue weighted by Gasteiger charge is 2.16. The van der Waals surface area contributed by atoms with Crippen molar-refractivity contribution in [3.63, 3.8) is 0 Å². The molecule has 32 heavy (non-hydrogen) atoms. The number of amides is 1. The molecule has 0 radical (unpaired) electrons. The lowest BCUT2D eigenvalue weighted by Crippen LogP contribution is -2.39. The molecule has 0 aliphatic rings. The molecule has 4 rings (SSSR count). The first kappa shape index (κ1) is 21.5. The van der Waals surface area contributed by atoms with E-state index in [2.05, 4.69) is 10.3 Å². The summed E-state index contributed by atoms with van der Waals surface area (Å²) in [6.07, 6.45) is 2.46. The maximum atomic E-state index is 12.9. The third-order valence-electron chi connectivity index (χ3n) is 5.54. The van der Waals surface area contributed by atoms with Crippen LogP contribution in [0.25, 0.3) is 22.0 Å². The number of fused-ring (bicyclic) bond motifs is 1. The minimum absolute atomic E-state index is 0.152. The summed E-state index contributed by atoms with van der Waals surface area (Å²) in [5.74, 6) is 1.04. The average Bonchev–Trinajstić information content (AvgIpc) is 3.25. The Bertz CT molecular complexity index is 1230. The van der Waals surface area contributed by atoms with Crippen LogP contribution >= 0.6 is 0 Å². The lowest BCUT2D eigenvalue weighted by molar-refractivity contribution is 0.0916. The second kappa shape index (κ2) is 9.58. The van der Waals surface area contributed by atoms with Gasteiger partial charge in [-0.25, -0.2) is 0 Å². The van der Waals surface area contributed by atoms with E-state index in [0.29, 0.717) is 23.5 Å². The lowest BCUT2D eigenvalue weighted by atomic mass is 10.0. The number of methoxy groups -OCH3 is 2. The zero-order valence-corrected chi connectivity index (χ0v) is 18.1. The zero-order valence-electron chi connectivity index (χ0n) is 18.1. The van der Waals surface area contributed by atoms with E-state index in [1.165, 1.54) is 0 Å². The molecule has 1 amide bonds. The van der Waals surface area contributed by atoms with Gasteiger partial charge in [-0.1, -0.05) is 36.4 Å². The maximum Gasteiger partial charge on any atom is 0.251 e. The summed E-state index contributed by atoms with van der Waals surface area (Å²) < 4.78 is 10.7. The van der Waals surface area contributed by atoms with Crippen LogP contribution < -0.4 is 14.8 Å². The van der Waals surface area contributed by atoms with E-state index in [1.807, 2.05) is 66.9 Å². The van der Waals surface area contributed by atoms with E-state index in [4.69, 9.17) is 9.47 Å². The number of aromatic nitrogens is 1. The molecule has 4 aromatic rings. The SMILES string of the molecule is COc1ccc(-c2cccc(C(=O)NC(CO)Cc3c[nH]c4ccccc34)c2)cc1OC. The molecule has 1 heterocycles. The van der Waals surface area contributed by atoms with Gasteiger partial charge < -0.3 is 24.9 Å². The summed E-state index contributed by atoms with van der Waals surface area (Å²) >= 11 is 0. The van der Waals surface area contributed by atoms with E-state index >= 15 is 0 Å².